The highest BCUT2D eigenvalue weighted by Gasteiger charge is 2.30. The zero-order chi connectivity index (χ0) is 19.3. The Labute approximate surface area is 165 Å². The van der Waals surface area contributed by atoms with Gasteiger partial charge in [0.15, 0.2) is 0 Å². The van der Waals surface area contributed by atoms with E-state index in [2.05, 4.69) is 20.2 Å². The molecule has 1 saturated heterocycles. The van der Waals surface area contributed by atoms with Crippen LogP contribution in [-0.4, -0.2) is 33.9 Å². The summed E-state index contributed by atoms with van der Waals surface area (Å²) in [4.78, 5) is 23.9. The fourth-order valence-corrected chi connectivity index (χ4v) is 4.35. The molecule has 0 bridgehead atoms. The van der Waals surface area contributed by atoms with Crippen LogP contribution in [0, 0.1) is 11.7 Å². The number of carbonyl (C=O) groups is 1. The van der Waals surface area contributed by atoms with Crippen LogP contribution in [0.25, 0.3) is 0 Å². The molecule has 1 aromatic carbocycles. The molecule has 6 heteroatoms. The summed E-state index contributed by atoms with van der Waals surface area (Å²) in [6, 6.07) is 8.08. The van der Waals surface area contributed by atoms with Gasteiger partial charge >= 0.3 is 0 Å². The van der Waals surface area contributed by atoms with E-state index in [9.17, 15) is 9.18 Å². The van der Waals surface area contributed by atoms with E-state index < -0.39 is 0 Å². The molecule has 1 atom stereocenters. The molecule has 2 aromatic rings. The Morgan fingerprint density at radius 1 is 1.04 bits per heavy atom. The van der Waals surface area contributed by atoms with E-state index in [1.54, 1.807) is 18.3 Å². The Morgan fingerprint density at radius 2 is 1.82 bits per heavy atom. The van der Waals surface area contributed by atoms with Crippen molar-refractivity contribution in [1.82, 2.24) is 14.9 Å². The lowest BCUT2D eigenvalue weighted by molar-refractivity contribution is -0.137. The van der Waals surface area contributed by atoms with Crippen molar-refractivity contribution < 1.29 is 9.18 Å². The van der Waals surface area contributed by atoms with Crippen LogP contribution in [0.5, 0.6) is 0 Å². The lowest BCUT2D eigenvalue weighted by atomic mass is 9.87. The fourth-order valence-electron chi connectivity index (χ4n) is 4.35. The van der Waals surface area contributed by atoms with Gasteiger partial charge < -0.3 is 10.2 Å². The number of halogens is 1. The predicted octanol–water partition coefficient (Wildman–Crippen LogP) is 4.65. The molecule has 2 aliphatic rings. The van der Waals surface area contributed by atoms with Crippen LogP contribution < -0.4 is 5.32 Å². The minimum absolute atomic E-state index is 0.216. The summed E-state index contributed by atoms with van der Waals surface area (Å²) in [5.41, 5.74) is 1.71. The molecule has 1 aliphatic carbocycles. The van der Waals surface area contributed by atoms with Crippen LogP contribution in [0.1, 0.15) is 56.6 Å². The van der Waals surface area contributed by atoms with E-state index >= 15 is 0 Å². The van der Waals surface area contributed by atoms with Gasteiger partial charge in [-0.25, -0.2) is 14.4 Å². The molecule has 1 N–H and O–H groups in total. The van der Waals surface area contributed by atoms with Gasteiger partial charge in [-0.15, -0.1) is 0 Å². The summed E-state index contributed by atoms with van der Waals surface area (Å²) in [6.45, 7) is 1.60. The molecule has 2 heterocycles. The maximum atomic E-state index is 13.1. The Hall–Kier alpha value is -2.50. The summed E-state index contributed by atoms with van der Waals surface area (Å²) in [6.07, 6.45) is 9.48. The van der Waals surface area contributed by atoms with E-state index in [1.165, 1.54) is 31.4 Å². The first-order chi connectivity index (χ1) is 13.7. The van der Waals surface area contributed by atoms with Gasteiger partial charge in [-0.05, 0) is 56.0 Å². The smallest absolute Gasteiger partial charge is 0.227 e. The standard InChI is InChI=1S/C22H27FN4O/c23-18-8-10-19(11-9-18)25-22-24-13-12-20(26-22)17-7-4-14-27(15-17)21(28)16-5-2-1-3-6-16/h8-13,16-17H,1-7,14-15H2,(H,24,25,26)/t17-/m1/s1. The largest absolute Gasteiger partial charge is 0.342 e. The number of amides is 1. The summed E-state index contributed by atoms with van der Waals surface area (Å²) in [7, 11) is 0. The molecule has 1 aliphatic heterocycles. The second-order valence-corrected chi connectivity index (χ2v) is 7.90. The topological polar surface area (TPSA) is 58.1 Å². The van der Waals surface area contributed by atoms with Gasteiger partial charge in [-0.2, -0.15) is 0 Å². The van der Waals surface area contributed by atoms with Crippen molar-refractivity contribution in [2.75, 3.05) is 18.4 Å². The first-order valence-electron chi connectivity index (χ1n) is 10.3. The summed E-state index contributed by atoms with van der Waals surface area (Å²) in [5, 5.41) is 3.13. The fraction of sp³-hybridized carbons (Fsp3) is 0.500. The second kappa shape index (κ2) is 8.67. The number of carbonyl (C=O) groups excluding carboxylic acids is 1. The van der Waals surface area contributed by atoms with Crippen LogP contribution in [-0.2, 0) is 4.79 Å². The van der Waals surface area contributed by atoms with Crippen LogP contribution in [0.3, 0.4) is 0 Å². The first kappa shape index (κ1) is 18.8. The predicted molar refractivity (Wildman–Crippen MR) is 107 cm³/mol. The number of anilines is 2. The number of hydrogen-bond acceptors (Lipinski definition) is 4. The Kier molecular flexibility index (Phi) is 5.84. The lowest BCUT2D eigenvalue weighted by Crippen LogP contribution is -2.43. The molecule has 4 rings (SSSR count). The van der Waals surface area contributed by atoms with Crippen molar-refractivity contribution in [3.05, 3.63) is 48.0 Å². The lowest BCUT2D eigenvalue weighted by Gasteiger charge is -2.35. The molecule has 2 fully saturated rings. The number of nitrogens with one attached hydrogen (secondary N) is 1. The average Bonchev–Trinajstić information content (AvgIpc) is 2.76. The van der Waals surface area contributed by atoms with Crippen molar-refractivity contribution in [2.24, 2.45) is 5.92 Å². The molecular formula is C22H27FN4O. The minimum atomic E-state index is -0.273. The van der Waals surface area contributed by atoms with Gasteiger partial charge in [-0.3, -0.25) is 4.79 Å². The molecule has 1 saturated carbocycles. The van der Waals surface area contributed by atoms with Gasteiger partial charge in [-0.1, -0.05) is 19.3 Å². The Bertz CT molecular complexity index is 804. The van der Waals surface area contributed by atoms with Gasteiger partial charge in [0.2, 0.25) is 11.9 Å². The highest BCUT2D eigenvalue weighted by Crippen LogP contribution is 2.30. The maximum absolute atomic E-state index is 13.1. The van der Waals surface area contributed by atoms with E-state index in [1.807, 2.05) is 6.07 Å². The third-order valence-electron chi connectivity index (χ3n) is 5.88. The zero-order valence-corrected chi connectivity index (χ0v) is 16.1. The highest BCUT2D eigenvalue weighted by molar-refractivity contribution is 5.79. The normalized spacial score (nSPS) is 20.8. The van der Waals surface area contributed by atoms with Crippen molar-refractivity contribution in [3.63, 3.8) is 0 Å². The van der Waals surface area contributed by atoms with E-state index in [0.29, 0.717) is 11.9 Å². The molecule has 0 spiro atoms. The van der Waals surface area contributed by atoms with Crippen molar-refractivity contribution in [1.29, 1.82) is 0 Å². The third kappa shape index (κ3) is 4.49. The van der Waals surface area contributed by atoms with Gasteiger partial charge in [0.05, 0.1) is 5.69 Å². The summed E-state index contributed by atoms with van der Waals surface area (Å²) in [5.74, 6) is 1.01. The van der Waals surface area contributed by atoms with Gasteiger partial charge in [0.1, 0.15) is 5.82 Å². The molecule has 1 amide bonds. The molecule has 0 radical (unpaired) electrons. The highest BCUT2D eigenvalue weighted by atomic mass is 19.1. The number of rotatable bonds is 4. The first-order valence-corrected chi connectivity index (χ1v) is 10.3. The average molecular weight is 382 g/mol. The van der Waals surface area contributed by atoms with Crippen LogP contribution in [0.15, 0.2) is 36.5 Å². The molecule has 1 aromatic heterocycles. The van der Waals surface area contributed by atoms with Gasteiger partial charge in [0, 0.05) is 36.8 Å². The van der Waals surface area contributed by atoms with Crippen molar-refractivity contribution in [2.45, 2.75) is 50.9 Å². The molecule has 5 nitrogen and oxygen atoms in total. The quantitative estimate of drug-likeness (QED) is 0.836. The molecule has 0 unspecified atom stereocenters. The third-order valence-corrected chi connectivity index (χ3v) is 5.88. The number of likely N-dealkylation sites (tertiary alicyclic amines) is 1. The van der Waals surface area contributed by atoms with Crippen LogP contribution >= 0.6 is 0 Å². The number of piperidine rings is 1. The van der Waals surface area contributed by atoms with E-state index in [-0.39, 0.29) is 17.7 Å². The second-order valence-electron chi connectivity index (χ2n) is 7.90. The monoisotopic (exact) mass is 382 g/mol. The SMILES string of the molecule is O=C(C1CCCCC1)N1CCC[C@@H](c2ccnc(Nc3ccc(F)cc3)n2)C1. The number of benzene rings is 1. The van der Waals surface area contributed by atoms with Crippen LogP contribution in [0.4, 0.5) is 16.0 Å². The molecule has 148 valence electrons. The zero-order valence-electron chi connectivity index (χ0n) is 16.1. The molecular weight excluding hydrogens is 355 g/mol. The summed E-state index contributed by atoms with van der Waals surface area (Å²) < 4.78 is 13.1. The van der Waals surface area contributed by atoms with E-state index in [0.717, 1.165) is 50.2 Å². The van der Waals surface area contributed by atoms with Gasteiger partial charge in [0.25, 0.3) is 0 Å². The molecule has 28 heavy (non-hydrogen) atoms. The number of hydrogen-bond donors (Lipinski definition) is 1. The van der Waals surface area contributed by atoms with Crippen molar-refractivity contribution in [3.8, 4) is 0 Å². The number of nitrogens with zero attached hydrogens (tertiary/aromatic N) is 3. The Balaban J connectivity index is 1.43. The van der Waals surface area contributed by atoms with E-state index in [4.69, 9.17) is 0 Å². The van der Waals surface area contributed by atoms with Crippen LogP contribution in [0.2, 0.25) is 0 Å². The maximum Gasteiger partial charge on any atom is 0.227 e. The minimum Gasteiger partial charge on any atom is -0.342 e. The number of aromatic nitrogens is 2. The van der Waals surface area contributed by atoms with Crippen molar-refractivity contribution >= 4 is 17.5 Å². The Morgan fingerprint density at radius 3 is 2.61 bits per heavy atom. The summed E-state index contributed by atoms with van der Waals surface area (Å²) >= 11 is 0.